The Kier molecular flexibility index (Phi) is 4.27. The molecule has 3 nitrogen and oxygen atoms in total. The second-order valence-corrected chi connectivity index (χ2v) is 5.01. The number of nitrogens with zero attached hydrogens (tertiary/aromatic N) is 1. The minimum Gasteiger partial charge on any atom is -0.391 e. The van der Waals surface area contributed by atoms with Gasteiger partial charge in [0.1, 0.15) is 0 Å². The lowest BCUT2D eigenvalue weighted by Crippen LogP contribution is -2.27. The van der Waals surface area contributed by atoms with Crippen LogP contribution in [0.5, 0.6) is 0 Å². The second kappa shape index (κ2) is 5.74. The van der Waals surface area contributed by atoms with E-state index < -0.39 is 6.10 Å². The largest absolute Gasteiger partial charge is 0.391 e. The number of aliphatic hydroxyl groups excluding tert-OH is 1. The molecular weight excluding hydrogens is 273 g/mol. The Labute approximate surface area is 116 Å². The van der Waals surface area contributed by atoms with Crippen LogP contribution in [0.1, 0.15) is 12.0 Å². The van der Waals surface area contributed by atoms with Crippen molar-refractivity contribution in [2.75, 3.05) is 13.1 Å². The van der Waals surface area contributed by atoms with Crippen LogP contribution in [0.2, 0.25) is 10.0 Å². The molecule has 0 aromatic heterocycles. The first kappa shape index (κ1) is 13.4. The van der Waals surface area contributed by atoms with Crippen molar-refractivity contribution in [2.45, 2.75) is 12.5 Å². The van der Waals surface area contributed by atoms with Crippen LogP contribution in [0.3, 0.4) is 0 Å². The van der Waals surface area contributed by atoms with Gasteiger partial charge in [-0.15, -0.1) is 0 Å². The number of hydrogen-bond donors (Lipinski definition) is 1. The third-order valence-electron chi connectivity index (χ3n) is 2.87. The maximum Gasteiger partial charge on any atom is 0.246 e. The summed E-state index contributed by atoms with van der Waals surface area (Å²) >= 11 is 12.0. The minimum atomic E-state index is -0.411. The lowest BCUT2D eigenvalue weighted by atomic mass is 10.2. The van der Waals surface area contributed by atoms with Crippen molar-refractivity contribution >= 4 is 35.2 Å². The van der Waals surface area contributed by atoms with E-state index in [0.717, 1.165) is 0 Å². The molecule has 1 atom stereocenters. The number of aliphatic hydroxyl groups is 1. The quantitative estimate of drug-likeness (QED) is 0.849. The van der Waals surface area contributed by atoms with Crippen LogP contribution in [0, 0.1) is 0 Å². The summed E-state index contributed by atoms with van der Waals surface area (Å²) in [4.78, 5) is 13.4. The van der Waals surface area contributed by atoms with Gasteiger partial charge in [-0.1, -0.05) is 29.3 Å². The number of rotatable bonds is 2. The van der Waals surface area contributed by atoms with Gasteiger partial charge in [-0.05, 0) is 24.6 Å². The number of carbonyl (C=O) groups is 1. The fourth-order valence-electron chi connectivity index (χ4n) is 1.87. The van der Waals surface area contributed by atoms with E-state index in [1.54, 1.807) is 29.2 Å². The molecule has 1 N–H and O–H groups in total. The Morgan fingerprint density at radius 3 is 2.61 bits per heavy atom. The van der Waals surface area contributed by atoms with E-state index in [1.165, 1.54) is 6.08 Å². The number of halogens is 2. The zero-order chi connectivity index (χ0) is 13.1. The lowest BCUT2D eigenvalue weighted by molar-refractivity contribution is -0.125. The van der Waals surface area contributed by atoms with Crippen molar-refractivity contribution in [1.82, 2.24) is 4.90 Å². The van der Waals surface area contributed by atoms with Gasteiger partial charge in [0.25, 0.3) is 0 Å². The van der Waals surface area contributed by atoms with E-state index in [4.69, 9.17) is 23.2 Å². The van der Waals surface area contributed by atoms with Gasteiger partial charge >= 0.3 is 0 Å². The molecule has 0 spiro atoms. The molecule has 0 saturated carbocycles. The molecule has 0 radical (unpaired) electrons. The summed E-state index contributed by atoms with van der Waals surface area (Å²) in [5.74, 6) is -0.137. The molecule has 0 bridgehead atoms. The van der Waals surface area contributed by atoms with Crippen LogP contribution in [0.25, 0.3) is 6.08 Å². The molecule has 1 aromatic rings. The Balaban J connectivity index is 2.09. The Morgan fingerprint density at radius 1 is 1.39 bits per heavy atom. The third kappa shape index (κ3) is 3.05. The van der Waals surface area contributed by atoms with Crippen LogP contribution < -0.4 is 0 Å². The lowest BCUT2D eigenvalue weighted by Gasteiger charge is -2.12. The predicted molar refractivity (Wildman–Crippen MR) is 72.7 cm³/mol. The fraction of sp³-hybridized carbons (Fsp3) is 0.308. The summed E-state index contributed by atoms with van der Waals surface area (Å²) in [6.07, 6.45) is 3.26. The number of amides is 1. The Hall–Kier alpha value is -1.03. The predicted octanol–water partition coefficient (Wildman–Crippen LogP) is 2.60. The molecule has 1 fully saturated rings. The Morgan fingerprint density at radius 2 is 2.06 bits per heavy atom. The van der Waals surface area contributed by atoms with E-state index in [1.807, 2.05) is 0 Å². The standard InChI is InChI=1S/C13H13Cl2NO2/c14-11-2-1-3-12(15)10(11)4-5-13(18)16-7-6-9(17)8-16/h1-5,9,17H,6-8H2/b5-4+/t9-/m1/s1. The van der Waals surface area contributed by atoms with Crippen LogP contribution in [0.15, 0.2) is 24.3 Å². The molecule has 2 rings (SSSR count). The van der Waals surface area contributed by atoms with Crippen LogP contribution in [0.4, 0.5) is 0 Å². The first-order valence-corrected chi connectivity index (χ1v) is 6.42. The highest BCUT2D eigenvalue weighted by Gasteiger charge is 2.22. The zero-order valence-electron chi connectivity index (χ0n) is 9.64. The van der Waals surface area contributed by atoms with E-state index >= 15 is 0 Å². The first-order chi connectivity index (χ1) is 8.58. The molecular formula is C13H13Cl2NO2. The first-order valence-electron chi connectivity index (χ1n) is 5.67. The molecule has 1 aromatic carbocycles. The number of likely N-dealkylation sites (tertiary alicyclic amines) is 1. The van der Waals surface area contributed by atoms with Gasteiger partial charge in [0.05, 0.1) is 6.10 Å². The van der Waals surface area contributed by atoms with Gasteiger partial charge in [-0.3, -0.25) is 4.79 Å². The van der Waals surface area contributed by atoms with Crippen molar-refractivity contribution in [3.05, 3.63) is 39.9 Å². The smallest absolute Gasteiger partial charge is 0.246 e. The van der Waals surface area contributed by atoms with E-state index in [9.17, 15) is 9.90 Å². The van der Waals surface area contributed by atoms with Crippen molar-refractivity contribution in [1.29, 1.82) is 0 Å². The summed E-state index contributed by atoms with van der Waals surface area (Å²) in [5.41, 5.74) is 0.633. The average molecular weight is 286 g/mol. The fourth-order valence-corrected chi connectivity index (χ4v) is 2.40. The van der Waals surface area contributed by atoms with Gasteiger partial charge < -0.3 is 10.0 Å². The highest BCUT2D eigenvalue weighted by atomic mass is 35.5. The molecule has 18 heavy (non-hydrogen) atoms. The third-order valence-corrected chi connectivity index (χ3v) is 3.53. The minimum absolute atomic E-state index is 0.137. The molecule has 0 unspecified atom stereocenters. The van der Waals surface area contributed by atoms with Crippen LogP contribution in [-0.4, -0.2) is 35.1 Å². The molecule has 1 aliphatic rings. The molecule has 1 heterocycles. The molecule has 1 amide bonds. The summed E-state index contributed by atoms with van der Waals surface area (Å²) in [6.45, 7) is 0.972. The summed E-state index contributed by atoms with van der Waals surface area (Å²) in [6, 6.07) is 5.19. The number of carbonyl (C=O) groups excluding carboxylic acids is 1. The molecule has 5 heteroatoms. The molecule has 96 valence electrons. The van der Waals surface area contributed by atoms with Gasteiger partial charge in [-0.25, -0.2) is 0 Å². The number of hydrogen-bond acceptors (Lipinski definition) is 2. The van der Waals surface area contributed by atoms with Gasteiger partial charge in [-0.2, -0.15) is 0 Å². The summed E-state index contributed by atoms with van der Waals surface area (Å²) < 4.78 is 0. The van der Waals surface area contributed by atoms with Crippen molar-refractivity contribution in [2.24, 2.45) is 0 Å². The summed E-state index contributed by atoms with van der Waals surface area (Å²) in [5, 5.41) is 10.4. The van der Waals surface area contributed by atoms with Crippen LogP contribution >= 0.6 is 23.2 Å². The van der Waals surface area contributed by atoms with Crippen LogP contribution in [-0.2, 0) is 4.79 Å². The van der Waals surface area contributed by atoms with Gasteiger partial charge in [0.15, 0.2) is 0 Å². The number of β-amino-alcohol motifs (C(OH)–C–C–N with tert-alkyl or cyclic N) is 1. The normalized spacial score (nSPS) is 19.7. The topological polar surface area (TPSA) is 40.5 Å². The van der Waals surface area contributed by atoms with E-state index in [2.05, 4.69) is 0 Å². The second-order valence-electron chi connectivity index (χ2n) is 4.20. The molecule has 1 aliphatic heterocycles. The highest BCUT2D eigenvalue weighted by molar-refractivity contribution is 6.37. The monoisotopic (exact) mass is 285 g/mol. The van der Waals surface area contributed by atoms with Crippen molar-refractivity contribution in [3.63, 3.8) is 0 Å². The summed E-state index contributed by atoms with van der Waals surface area (Å²) in [7, 11) is 0. The van der Waals surface area contributed by atoms with E-state index in [0.29, 0.717) is 35.1 Å². The van der Waals surface area contributed by atoms with Crippen molar-refractivity contribution in [3.8, 4) is 0 Å². The molecule has 0 aliphatic carbocycles. The Bertz CT molecular complexity index is 468. The van der Waals surface area contributed by atoms with Crippen molar-refractivity contribution < 1.29 is 9.90 Å². The molecule has 1 saturated heterocycles. The maximum atomic E-state index is 11.8. The highest BCUT2D eigenvalue weighted by Crippen LogP contribution is 2.25. The van der Waals surface area contributed by atoms with Gasteiger partial charge in [0.2, 0.25) is 5.91 Å². The SMILES string of the molecule is O=C(/C=C/c1c(Cl)cccc1Cl)N1CC[C@@H](O)C1. The maximum absolute atomic E-state index is 11.8. The van der Waals surface area contributed by atoms with Gasteiger partial charge in [0, 0.05) is 34.8 Å². The number of benzene rings is 1. The average Bonchev–Trinajstić information content (AvgIpc) is 2.75. The zero-order valence-corrected chi connectivity index (χ0v) is 11.2. The van der Waals surface area contributed by atoms with E-state index in [-0.39, 0.29) is 5.91 Å².